The number of rotatable bonds is 4. The fraction of sp³-hybridized carbons (Fsp3) is 0.391. The highest BCUT2D eigenvalue weighted by Crippen LogP contribution is 2.26. The first-order chi connectivity index (χ1) is 15.1. The van der Waals surface area contributed by atoms with Gasteiger partial charge < -0.3 is 29.3 Å². The van der Waals surface area contributed by atoms with Crippen LogP contribution in [0.15, 0.2) is 42.5 Å². The summed E-state index contributed by atoms with van der Waals surface area (Å²) >= 11 is 0. The predicted molar refractivity (Wildman–Crippen MR) is 116 cm³/mol. The first kappa shape index (κ1) is 21.0. The Hall–Kier alpha value is -3.26. The van der Waals surface area contributed by atoms with E-state index < -0.39 is 0 Å². The molecule has 2 aromatic carbocycles. The van der Waals surface area contributed by atoms with Crippen LogP contribution in [-0.2, 0) is 11.3 Å². The van der Waals surface area contributed by atoms with Crippen LogP contribution in [-0.4, -0.2) is 67.8 Å². The number of ether oxygens (including phenoxy) is 3. The molecule has 2 aliphatic heterocycles. The largest absolute Gasteiger partial charge is 0.494 e. The number of carbonyl (C=O) groups excluding carboxylic acids is 2. The van der Waals surface area contributed by atoms with Crippen molar-refractivity contribution < 1.29 is 23.8 Å². The van der Waals surface area contributed by atoms with Crippen molar-refractivity contribution in [3.05, 3.63) is 53.6 Å². The zero-order valence-corrected chi connectivity index (χ0v) is 17.6. The average Bonchev–Trinajstić information content (AvgIpc) is 3.02. The van der Waals surface area contributed by atoms with Crippen molar-refractivity contribution in [2.75, 3.05) is 51.4 Å². The molecule has 0 unspecified atom stereocenters. The van der Waals surface area contributed by atoms with Crippen LogP contribution in [0.4, 0.5) is 10.5 Å². The number of morpholine rings is 1. The Morgan fingerprint density at radius 3 is 2.48 bits per heavy atom. The molecule has 0 bridgehead atoms. The Balaban J connectivity index is 1.45. The zero-order valence-electron chi connectivity index (χ0n) is 17.6. The molecule has 2 heterocycles. The van der Waals surface area contributed by atoms with E-state index >= 15 is 0 Å². The standard InChI is InChI=1S/C23H27N3O5/c1-2-30-20-6-4-19(5-7-20)24-23(28)26-11-14-31-21-8-3-17(15-18(21)16-26)22(27)25-9-12-29-13-10-25/h3-8,15H,2,9-14,16H2,1H3,(H,24,28). The van der Waals surface area contributed by atoms with Crippen molar-refractivity contribution in [2.24, 2.45) is 0 Å². The van der Waals surface area contributed by atoms with E-state index in [1.165, 1.54) is 0 Å². The van der Waals surface area contributed by atoms with Crippen molar-refractivity contribution >= 4 is 17.6 Å². The summed E-state index contributed by atoms with van der Waals surface area (Å²) in [6, 6.07) is 12.5. The number of hydrogen-bond acceptors (Lipinski definition) is 5. The Labute approximate surface area is 181 Å². The van der Waals surface area contributed by atoms with Crippen LogP contribution in [0.25, 0.3) is 0 Å². The highest BCUT2D eigenvalue weighted by atomic mass is 16.5. The van der Waals surface area contributed by atoms with Gasteiger partial charge in [-0.05, 0) is 49.4 Å². The lowest BCUT2D eigenvalue weighted by Crippen LogP contribution is -2.40. The SMILES string of the molecule is CCOc1ccc(NC(=O)N2CCOc3ccc(C(=O)N4CCOCC4)cc3C2)cc1. The van der Waals surface area contributed by atoms with Crippen LogP contribution in [0.3, 0.4) is 0 Å². The maximum absolute atomic E-state index is 12.8. The van der Waals surface area contributed by atoms with Gasteiger partial charge in [-0.1, -0.05) is 0 Å². The number of nitrogens with one attached hydrogen (secondary N) is 1. The minimum Gasteiger partial charge on any atom is -0.494 e. The Bertz CT molecular complexity index is 925. The topological polar surface area (TPSA) is 80.3 Å². The van der Waals surface area contributed by atoms with Gasteiger partial charge in [0.1, 0.15) is 18.1 Å². The predicted octanol–water partition coefficient (Wildman–Crippen LogP) is 2.98. The van der Waals surface area contributed by atoms with E-state index in [4.69, 9.17) is 14.2 Å². The van der Waals surface area contributed by atoms with Crippen LogP contribution in [0.2, 0.25) is 0 Å². The molecule has 0 aromatic heterocycles. The van der Waals surface area contributed by atoms with E-state index in [2.05, 4.69) is 5.32 Å². The monoisotopic (exact) mass is 425 g/mol. The summed E-state index contributed by atoms with van der Waals surface area (Å²) in [6.07, 6.45) is 0. The molecule has 4 rings (SSSR count). The van der Waals surface area contributed by atoms with Gasteiger partial charge in [0.25, 0.3) is 5.91 Å². The maximum atomic E-state index is 12.8. The third kappa shape index (κ3) is 5.08. The van der Waals surface area contributed by atoms with Gasteiger partial charge >= 0.3 is 6.03 Å². The van der Waals surface area contributed by atoms with Crippen molar-refractivity contribution in [1.29, 1.82) is 0 Å². The Kier molecular flexibility index (Phi) is 6.57. The van der Waals surface area contributed by atoms with Crippen molar-refractivity contribution in [3.8, 4) is 11.5 Å². The summed E-state index contributed by atoms with van der Waals surface area (Å²) in [4.78, 5) is 29.2. The van der Waals surface area contributed by atoms with Crippen molar-refractivity contribution in [1.82, 2.24) is 9.80 Å². The van der Waals surface area contributed by atoms with Gasteiger partial charge in [-0.25, -0.2) is 4.79 Å². The van der Waals surface area contributed by atoms with Gasteiger partial charge in [-0.2, -0.15) is 0 Å². The van der Waals surface area contributed by atoms with Crippen LogP contribution < -0.4 is 14.8 Å². The molecule has 2 aliphatic rings. The molecule has 0 spiro atoms. The van der Waals surface area contributed by atoms with E-state index in [1.807, 2.05) is 43.3 Å². The molecule has 2 aromatic rings. The number of benzene rings is 2. The summed E-state index contributed by atoms with van der Waals surface area (Å²) in [5.74, 6) is 1.44. The third-order valence-electron chi connectivity index (χ3n) is 5.29. The minimum atomic E-state index is -0.217. The van der Waals surface area contributed by atoms with Gasteiger partial charge in [-0.15, -0.1) is 0 Å². The maximum Gasteiger partial charge on any atom is 0.322 e. The minimum absolute atomic E-state index is 0.0271. The Morgan fingerprint density at radius 1 is 1.00 bits per heavy atom. The number of urea groups is 1. The molecule has 31 heavy (non-hydrogen) atoms. The first-order valence-corrected chi connectivity index (χ1v) is 10.6. The zero-order chi connectivity index (χ0) is 21.6. The molecule has 8 heteroatoms. The van der Waals surface area contributed by atoms with Crippen molar-refractivity contribution in [3.63, 3.8) is 0 Å². The molecule has 1 N–H and O–H groups in total. The first-order valence-electron chi connectivity index (χ1n) is 10.6. The van der Waals surface area contributed by atoms with Crippen LogP contribution in [0.1, 0.15) is 22.8 Å². The van der Waals surface area contributed by atoms with Crippen molar-refractivity contribution in [2.45, 2.75) is 13.5 Å². The lowest BCUT2D eigenvalue weighted by Gasteiger charge is -2.27. The summed E-state index contributed by atoms with van der Waals surface area (Å²) in [7, 11) is 0. The lowest BCUT2D eigenvalue weighted by atomic mass is 10.1. The summed E-state index contributed by atoms with van der Waals surface area (Å²) < 4.78 is 16.6. The smallest absolute Gasteiger partial charge is 0.322 e. The highest BCUT2D eigenvalue weighted by molar-refractivity contribution is 5.95. The molecule has 164 valence electrons. The van der Waals surface area contributed by atoms with E-state index in [0.29, 0.717) is 69.6 Å². The lowest BCUT2D eigenvalue weighted by molar-refractivity contribution is 0.0303. The normalized spacial score (nSPS) is 16.0. The number of fused-ring (bicyclic) bond motifs is 1. The number of amides is 3. The van der Waals surface area contributed by atoms with E-state index in [9.17, 15) is 9.59 Å². The highest BCUT2D eigenvalue weighted by Gasteiger charge is 2.23. The fourth-order valence-electron chi connectivity index (χ4n) is 3.65. The van der Waals surface area contributed by atoms with Gasteiger partial charge in [0.15, 0.2) is 0 Å². The molecule has 0 saturated carbocycles. The molecule has 0 atom stereocenters. The molecule has 1 fully saturated rings. The average molecular weight is 425 g/mol. The van der Waals surface area contributed by atoms with Gasteiger partial charge in [0.05, 0.1) is 32.9 Å². The fourth-order valence-corrected chi connectivity index (χ4v) is 3.65. The van der Waals surface area contributed by atoms with E-state index in [0.717, 1.165) is 11.3 Å². The molecular weight excluding hydrogens is 398 g/mol. The van der Waals surface area contributed by atoms with E-state index in [-0.39, 0.29) is 11.9 Å². The summed E-state index contributed by atoms with van der Waals surface area (Å²) in [5, 5.41) is 2.92. The number of anilines is 1. The van der Waals surface area contributed by atoms with E-state index in [1.54, 1.807) is 15.9 Å². The molecule has 0 aliphatic carbocycles. The van der Waals surface area contributed by atoms with Gasteiger partial charge in [0.2, 0.25) is 0 Å². The molecule has 3 amide bonds. The van der Waals surface area contributed by atoms with Gasteiger partial charge in [0, 0.05) is 29.9 Å². The Morgan fingerprint density at radius 2 is 1.74 bits per heavy atom. The van der Waals surface area contributed by atoms with Crippen LogP contribution in [0, 0.1) is 0 Å². The van der Waals surface area contributed by atoms with Gasteiger partial charge in [-0.3, -0.25) is 4.79 Å². The van der Waals surface area contributed by atoms with Crippen LogP contribution in [0.5, 0.6) is 11.5 Å². The number of hydrogen-bond donors (Lipinski definition) is 1. The number of nitrogens with zero attached hydrogens (tertiary/aromatic N) is 2. The van der Waals surface area contributed by atoms with Crippen LogP contribution >= 0.6 is 0 Å². The second-order valence-electron chi connectivity index (χ2n) is 7.38. The third-order valence-corrected chi connectivity index (χ3v) is 5.29. The second-order valence-corrected chi connectivity index (χ2v) is 7.38. The molecule has 1 saturated heterocycles. The molecule has 8 nitrogen and oxygen atoms in total. The molecule has 0 radical (unpaired) electrons. The summed E-state index contributed by atoms with van der Waals surface area (Å²) in [6.45, 7) is 6.00. The quantitative estimate of drug-likeness (QED) is 0.815. The second kappa shape index (κ2) is 9.70. The number of carbonyl (C=O) groups is 2. The molecular formula is C23H27N3O5. The summed E-state index contributed by atoms with van der Waals surface area (Å²) in [5.41, 5.74) is 2.10.